The van der Waals surface area contributed by atoms with Crippen LogP contribution in [0.25, 0.3) is 0 Å². The summed E-state index contributed by atoms with van der Waals surface area (Å²) in [5.41, 5.74) is 0. The van der Waals surface area contributed by atoms with E-state index in [-0.39, 0.29) is 11.7 Å². The monoisotopic (exact) mass is 273 g/mol. The van der Waals surface area contributed by atoms with E-state index in [1.165, 1.54) is 0 Å². The standard InChI is InChI=1S/C12H16ClNO2S/c1-2-3-8-14-12(15)9-17(16)11-6-4-10(13)5-7-11/h4-7H,2-3,8-9H2,1H3,(H,14,15). The number of halogens is 1. The summed E-state index contributed by atoms with van der Waals surface area (Å²) in [6, 6.07) is 6.70. The molecule has 1 N–H and O–H groups in total. The number of benzene rings is 1. The zero-order valence-electron chi connectivity index (χ0n) is 9.74. The van der Waals surface area contributed by atoms with Crippen molar-refractivity contribution in [1.29, 1.82) is 0 Å². The summed E-state index contributed by atoms with van der Waals surface area (Å²) < 4.78 is 11.8. The van der Waals surface area contributed by atoms with Gasteiger partial charge in [0.1, 0.15) is 5.75 Å². The van der Waals surface area contributed by atoms with Crippen LogP contribution >= 0.6 is 11.6 Å². The lowest BCUT2D eigenvalue weighted by Crippen LogP contribution is -2.29. The van der Waals surface area contributed by atoms with Crippen molar-refractivity contribution in [3.8, 4) is 0 Å². The van der Waals surface area contributed by atoms with E-state index in [0.29, 0.717) is 16.5 Å². The number of hydrogen-bond donors (Lipinski definition) is 1. The molecule has 0 spiro atoms. The average molecular weight is 274 g/mol. The molecule has 0 aliphatic heterocycles. The summed E-state index contributed by atoms with van der Waals surface area (Å²) in [7, 11) is -1.30. The fraction of sp³-hybridized carbons (Fsp3) is 0.417. The highest BCUT2D eigenvalue weighted by molar-refractivity contribution is 7.85. The van der Waals surface area contributed by atoms with Gasteiger partial charge in [-0.3, -0.25) is 9.00 Å². The maximum atomic E-state index is 11.8. The van der Waals surface area contributed by atoms with Crippen LogP contribution in [0.2, 0.25) is 5.02 Å². The largest absolute Gasteiger partial charge is 0.355 e. The van der Waals surface area contributed by atoms with Gasteiger partial charge in [-0.1, -0.05) is 24.9 Å². The molecule has 17 heavy (non-hydrogen) atoms. The Balaban J connectivity index is 2.43. The molecular weight excluding hydrogens is 258 g/mol. The second kappa shape index (κ2) is 7.45. The topological polar surface area (TPSA) is 46.2 Å². The molecule has 1 rings (SSSR count). The van der Waals surface area contributed by atoms with E-state index < -0.39 is 10.8 Å². The molecule has 0 aliphatic carbocycles. The molecule has 94 valence electrons. The molecule has 3 nitrogen and oxygen atoms in total. The minimum absolute atomic E-state index is 0.00530. The third-order valence-corrected chi connectivity index (χ3v) is 3.77. The molecule has 0 aliphatic rings. The first-order chi connectivity index (χ1) is 8.13. The van der Waals surface area contributed by atoms with Crippen molar-refractivity contribution in [2.45, 2.75) is 24.7 Å². The molecule has 1 aromatic carbocycles. The van der Waals surface area contributed by atoms with E-state index in [4.69, 9.17) is 11.6 Å². The first kappa shape index (κ1) is 14.2. The fourth-order valence-corrected chi connectivity index (χ4v) is 2.32. The van der Waals surface area contributed by atoms with Crippen molar-refractivity contribution in [1.82, 2.24) is 5.32 Å². The molecule has 1 aromatic rings. The van der Waals surface area contributed by atoms with Crippen molar-refractivity contribution >= 4 is 28.3 Å². The van der Waals surface area contributed by atoms with Crippen molar-refractivity contribution < 1.29 is 9.00 Å². The Labute approximate surface area is 109 Å². The van der Waals surface area contributed by atoms with E-state index in [2.05, 4.69) is 12.2 Å². The van der Waals surface area contributed by atoms with Gasteiger partial charge in [0.25, 0.3) is 0 Å². The minimum Gasteiger partial charge on any atom is -0.355 e. The average Bonchev–Trinajstić information content (AvgIpc) is 2.30. The number of amides is 1. The second-order valence-electron chi connectivity index (χ2n) is 3.65. The van der Waals surface area contributed by atoms with E-state index in [0.717, 1.165) is 12.8 Å². The van der Waals surface area contributed by atoms with Crippen LogP contribution in [0.5, 0.6) is 0 Å². The number of hydrogen-bond acceptors (Lipinski definition) is 2. The van der Waals surface area contributed by atoms with E-state index in [1.807, 2.05) is 0 Å². The normalized spacial score (nSPS) is 12.1. The molecule has 1 unspecified atom stereocenters. The van der Waals surface area contributed by atoms with Gasteiger partial charge in [-0.05, 0) is 30.7 Å². The molecule has 0 radical (unpaired) electrons. The van der Waals surface area contributed by atoms with Crippen LogP contribution in [0, 0.1) is 0 Å². The van der Waals surface area contributed by atoms with Crippen molar-refractivity contribution in [3.05, 3.63) is 29.3 Å². The lowest BCUT2D eigenvalue weighted by atomic mass is 10.3. The Hall–Kier alpha value is -0.870. The van der Waals surface area contributed by atoms with Gasteiger partial charge in [0, 0.05) is 16.5 Å². The lowest BCUT2D eigenvalue weighted by Gasteiger charge is -2.04. The third-order valence-electron chi connectivity index (χ3n) is 2.19. The number of rotatable bonds is 6. The zero-order chi connectivity index (χ0) is 12.7. The number of unbranched alkanes of at least 4 members (excludes halogenated alkanes) is 1. The van der Waals surface area contributed by atoms with Gasteiger partial charge in [-0.2, -0.15) is 0 Å². The van der Waals surface area contributed by atoms with Gasteiger partial charge >= 0.3 is 0 Å². The van der Waals surface area contributed by atoms with Crippen LogP contribution < -0.4 is 5.32 Å². The summed E-state index contributed by atoms with van der Waals surface area (Å²) >= 11 is 5.73. The molecule has 1 atom stereocenters. The van der Waals surface area contributed by atoms with Crippen LogP contribution in [0.15, 0.2) is 29.2 Å². The van der Waals surface area contributed by atoms with Crippen molar-refractivity contribution in [2.75, 3.05) is 12.3 Å². The molecule has 0 aromatic heterocycles. The van der Waals surface area contributed by atoms with Gasteiger partial charge in [-0.25, -0.2) is 0 Å². The zero-order valence-corrected chi connectivity index (χ0v) is 11.3. The van der Waals surface area contributed by atoms with Crippen LogP contribution in [0.4, 0.5) is 0 Å². The molecule has 0 saturated heterocycles. The predicted octanol–water partition coefficient (Wildman–Crippen LogP) is 2.36. The highest BCUT2D eigenvalue weighted by atomic mass is 35.5. The molecule has 1 amide bonds. The highest BCUT2D eigenvalue weighted by Gasteiger charge is 2.09. The summed E-state index contributed by atoms with van der Waals surface area (Å²) in [4.78, 5) is 12.1. The van der Waals surface area contributed by atoms with Crippen molar-refractivity contribution in [3.63, 3.8) is 0 Å². The number of carbonyl (C=O) groups is 1. The summed E-state index contributed by atoms with van der Waals surface area (Å²) in [6.45, 7) is 2.70. The Morgan fingerprint density at radius 3 is 2.59 bits per heavy atom. The van der Waals surface area contributed by atoms with E-state index in [1.54, 1.807) is 24.3 Å². The van der Waals surface area contributed by atoms with E-state index in [9.17, 15) is 9.00 Å². The maximum absolute atomic E-state index is 11.8. The van der Waals surface area contributed by atoms with Crippen molar-refractivity contribution in [2.24, 2.45) is 0 Å². The van der Waals surface area contributed by atoms with Gasteiger partial charge < -0.3 is 5.32 Å². The SMILES string of the molecule is CCCCNC(=O)CS(=O)c1ccc(Cl)cc1. The second-order valence-corrected chi connectivity index (χ2v) is 5.53. The Morgan fingerprint density at radius 2 is 2.00 bits per heavy atom. The van der Waals surface area contributed by atoms with Gasteiger partial charge in [0.05, 0.1) is 10.8 Å². The van der Waals surface area contributed by atoms with Crippen LogP contribution in [-0.2, 0) is 15.6 Å². The van der Waals surface area contributed by atoms with Crippen LogP contribution in [-0.4, -0.2) is 22.4 Å². The van der Waals surface area contributed by atoms with Gasteiger partial charge in [-0.15, -0.1) is 0 Å². The Morgan fingerprint density at radius 1 is 1.35 bits per heavy atom. The molecule has 0 bridgehead atoms. The lowest BCUT2D eigenvalue weighted by molar-refractivity contribution is -0.118. The summed E-state index contributed by atoms with van der Waals surface area (Å²) in [5, 5.41) is 3.33. The first-order valence-corrected chi connectivity index (χ1v) is 7.24. The first-order valence-electron chi connectivity index (χ1n) is 5.54. The summed E-state index contributed by atoms with van der Waals surface area (Å²) in [6.07, 6.45) is 1.97. The smallest absolute Gasteiger partial charge is 0.232 e. The molecule has 0 heterocycles. The van der Waals surface area contributed by atoms with Crippen LogP contribution in [0.3, 0.4) is 0 Å². The summed E-state index contributed by atoms with van der Waals surface area (Å²) in [5.74, 6) is -0.169. The van der Waals surface area contributed by atoms with Crippen LogP contribution in [0.1, 0.15) is 19.8 Å². The Kier molecular flexibility index (Phi) is 6.22. The molecule has 0 saturated carbocycles. The third kappa shape index (κ3) is 5.33. The molecule has 0 fully saturated rings. The van der Waals surface area contributed by atoms with Gasteiger partial charge in [0.2, 0.25) is 5.91 Å². The minimum atomic E-state index is -1.30. The van der Waals surface area contributed by atoms with E-state index >= 15 is 0 Å². The fourth-order valence-electron chi connectivity index (χ4n) is 1.24. The number of carbonyl (C=O) groups excluding carboxylic acids is 1. The quantitative estimate of drug-likeness (QED) is 0.809. The molecular formula is C12H16ClNO2S. The molecule has 5 heteroatoms. The predicted molar refractivity (Wildman–Crippen MR) is 70.6 cm³/mol. The maximum Gasteiger partial charge on any atom is 0.232 e. The highest BCUT2D eigenvalue weighted by Crippen LogP contribution is 2.12. The van der Waals surface area contributed by atoms with Gasteiger partial charge in [0.15, 0.2) is 0 Å². The number of nitrogens with one attached hydrogen (secondary N) is 1. The Bertz CT molecular complexity index is 392.